The molecule has 0 aliphatic carbocycles. The fraction of sp³-hybridized carbons (Fsp3) is 0.433. The fourth-order valence-corrected chi connectivity index (χ4v) is 6.37. The molecule has 1 atom stereocenters. The Morgan fingerprint density at radius 2 is 2.03 bits per heavy atom. The molecule has 0 radical (unpaired) electrons. The Balaban J connectivity index is 1.86. The highest BCUT2D eigenvalue weighted by molar-refractivity contribution is 7.22. The van der Waals surface area contributed by atoms with Gasteiger partial charge in [-0.25, -0.2) is 9.78 Å². The molecule has 1 N–H and O–H groups in total. The number of pyridine rings is 1. The summed E-state index contributed by atoms with van der Waals surface area (Å²) in [7, 11) is 2.05. The van der Waals surface area contributed by atoms with Crippen LogP contribution in [-0.4, -0.2) is 46.8 Å². The second-order valence-corrected chi connectivity index (χ2v) is 12.4. The molecule has 8 heteroatoms. The molecule has 1 aliphatic heterocycles. The molecule has 0 amide bonds. The van der Waals surface area contributed by atoms with Gasteiger partial charge in [0.25, 0.3) is 0 Å². The minimum Gasteiger partial charge on any atom is -0.493 e. The summed E-state index contributed by atoms with van der Waals surface area (Å²) in [5.74, 6) is 0.264. The molecule has 1 aliphatic rings. The van der Waals surface area contributed by atoms with Gasteiger partial charge in [-0.15, -0.1) is 0 Å². The predicted octanol–water partition coefficient (Wildman–Crippen LogP) is 6.79. The number of carbonyl (C=O) groups is 1. The molecule has 7 nitrogen and oxygen atoms in total. The van der Waals surface area contributed by atoms with Gasteiger partial charge in [-0.05, 0) is 69.0 Å². The molecule has 5 rings (SSSR count). The molecule has 2 aromatic carbocycles. The van der Waals surface area contributed by atoms with Gasteiger partial charge in [0.2, 0.25) is 0 Å². The van der Waals surface area contributed by atoms with Gasteiger partial charge in [0.1, 0.15) is 5.75 Å². The summed E-state index contributed by atoms with van der Waals surface area (Å²) in [6.07, 6.45) is 1.48. The number of rotatable bonds is 7. The maximum Gasteiger partial charge on any atom is 0.337 e. The first-order valence-corrected chi connectivity index (χ1v) is 13.9. The van der Waals surface area contributed by atoms with E-state index in [0.717, 1.165) is 61.7 Å². The number of anilines is 1. The molecular formula is C30H35N3O4S. The first-order valence-electron chi connectivity index (χ1n) is 13.0. The van der Waals surface area contributed by atoms with Crippen LogP contribution >= 0.6 is 11.3 Å². The van der Waals surface area contributed by atoms with Crippen LogP contribution in [0.25, 0.3) is 32.2 Å². The Bertz CT molecular complexity index is 1530. The summed E-state index contributed by atoms with van der Waals surface area (Å²) in [6.45, 7) is 13.4. The summed E-state index contributed by atoms with van der Waals surface area (Å²) in [5.41, 5.74) is 5.32. The lowest BCUT2D eigenvalue weighted by atomic mass is 9.89. The van der Waals surface area contributed by atoms with E-state index in [-0.39, 0.29) is 0 Å². The lowest BCUT2D eigenvalue weighted by Gasteiger charge is -2.28. The van der Waals surface area contributed by atoms with Crippen LogP contribution in [-0.2, 0) is 16.0 Å². The van der Waals surface area contributed by atoms with Crippen molar-refractivity contribution in [1.82, 2.24) is 9.97 Å². The maximum atomic E-state index is 12.7. The van der Waals surface area contributed by atoms with Crippen molar-refractivity contribution < 1.29 is 19.4 Å². The molecule has 4 aromatic rings. The van der Waals surface area contributed by atoms with Gasteiger partial charge in [-0.1, -0.05) is 25.2 Å². The SMILES string of the molecule is Cc1cc2nc(N(C)CC(C)C)sc2c(-c2ccc3c4c(ccnc24)CCO3)c1[C@H](OC(C)(C)C)C(=O)O. The van der Waals surface area contributed by atoms with E-state index in [1.165, 1.54) is 5.56 Å². The second-order valence-electron chi connectivity index (χ2n) is 11.5. The summed E-state index contributed by atoms with van der Waals surface area (Å²) in [5, 5.41) is 12.3. The Morgan fingerprint density at radius 3 is 2.71 bits per heavy atom. The van der Waals surface area contributed by atoms with Gasteiger partial charge in [0, 0.05) is 48.3 Å². The van der Waals surface area contributed by atoms with Crippen molar-refractivity contribution in [2.24, 2.45) is 5.92 Å². The number of aryl methyl sites for hydroxylation is 1. The van der Waals surface area contributed by atoms with Crippen LogP contribution in [0, 0.1) is 12.8 Å². The van der Waals surface area contributed by atoms with Gasteiger partial charge in [-0.3, -0.25) is 4.98 Å². The Morgan fingerprint density at radius 1 is 1.26 bits per heavy atom. The van der Waals surface area contributed by atoms with Crippen molar-refractivity contribution >= 4 is 43.6 Å². The van der Waals surface area contributed by atoms with Gasteiger partial charge in [0.05, 0.1) is 27.9 Å². The van der Waals surface area contributed by atoms with Gasteiger partial charge >= 0.3 is 5.97 Å². The number of ether oxygens (including phenoxy) is 2. The van der Waals surface area contributed by atoms with Gasteiger partial charge in [0.15, 0.2) is 11.2 Å². The monoisotopic (exact) mass is 533 g/mol. The number of aromatic nitrogens is 2. The number of hydrogen-bond donors (Lipinski definition) is 1. The van der Waals surface area contributed by atoms with Crippen molar-refractivity contribution in [3.63, 3.8) is 0 Å². The van der Waals surface area contributed by atoms with Crippen molar-refractivity contribution in [3.8, 4) is 16.9 Å². The molecule has 0 saturated carbocycles. The largest absolute Gasteiger partial charge is 0.493 e. The molecule has 0 spiro atoms. The zero-order valence-electron chi connectivity index (χ0n) is 23.1. The zero-order valence-corrected chi connectivity index (χ0v) is 23.9. The normalized spacial score (nSPS) is 14.2. The Hall–Kier alpha value is -3.23. The third-order valence-corrected chi connectivity index (χ3v) is 7.88. The molecular weight excluding hydrogens is 498 g/mol. The van der Waals surface area contributed by atoms with Crippen LogP contribution in [0.5, 0.6) is 5.75 Å². The minimum absolute atomic E-state index is 0.477. The third-order valence-electron chi connectivity index (χ3n) is 6.68. The van der Waals surface area contributed by atoms with Crippen LogP contribution < -0.4 is 9.64 Å². The highest BCUT2D eigenvalue weighted by atomic mass is 32.1. The van der Waals surface area contributed by atoms with Crippen molar-refractivity contribution in [2.45, 2.75) is 59.7 Å². The first-order chi connectivity index (χ1) is 17.9. The summed E-state index contributed by atoms with van der Waals surface area (Å²) in [4.78, 5) is 24.7. The van der Waals surface area contributed by atoms with Crippen molar-refractivity contribution in [2.75, 3.05) is 25.1 Å². The second kappa shape index (κ2) is 9.82. The van der Waals surface area contributed by atoms with Gasteiger partial charge < -0.3 is 19.5 Å². The van der Waals surface area contributed by atoms with Crippen LogP contribution in [0.3, 0.4) is 0 Å². The quantitative estimate of drug-likeness (QED) is 0.280. The van der Waals surface area contributed by atoms with E-state index in [2.05, 4.69) is 25.8 Å². The van der Waals surface area contributed by atoms with E-state index in [1.54, 1.807) is 11.3 Å². The number of thiazole rings is 1. The summed E-state index contributed by atoms with van der Waals surface area (Å²) in [6, 6.07) is 8.01. The van der Waals surface area contributed by atoms with E-state index in [9.17, 15) is 9.90 Å². The highest BCUT2D eigenvalue weighted by Crippen LogP contribution is 2.47. The molecule has 0 unspecified atom stereocenters. The van der Waals surface area contributed by atoms with Crippen LogP contribution in [0.4, 0.5) is 5.13 Å². The summed E-state index contributed by atoms with van der Waals surface area (Å²) >= 11 is 1.58. The lowest BCUT2D eigenvalue weighted by Crippen LogP contribution is -2.28. The van der Waals surface area contributed by atoms with Crippen LogP contribution in [0.1, 0.15) is 57.4 Å². The van der Waals surface area contributed by atoms with Crippen LogP contribution in [0.2, 0.25) is 0 Å². The molecule has 0 bridgehead atoms. The smallest absolute Gasteiger partial charge is 0.337 e. The fourth-order valence-electron chi connectivity index (χ4n) is 5.28. The topological polar surface area (TPSA) is 84.8 Å². The standard InChI is InChI=1S/C30H35N3O4S/c1-16(2)15-33(7)29-32-20-14-17(3)22(26(28(34)35)37-30(4,5)6)24(27(20)38-29)19-8-9-21-23-18(11-13-36-21)10-12-31-25(19)23/h8-10,12,14,16,26H,11,13,15H2,1-7H3,(H,34,35)/t26-/m0/s1. The van der Waals surface area contributed by atoms with E-state index in [0.29, 0.717) is 18.1 Å². The average molecular weight is 534 g/mol. The van der Waals surface area contributed by atoms with E-state index in [1.807, 2.05) is 58.2 Å². The molecule has 2 aromatic heterocycles. The number of hydrogen-bond acceptors (Lipinski definition) is 7. The Kier molecular flexibility index (Phi) is 6.82. The molecule has 3 heterocycles. The number of nitrogens with zero attached hydrogens (tertiary/aromatic N) is 3. The molecule has 0 fully saturated rings. The summed E-state index contributed by atoms with van der Waals surface area (Å²) < 4.78 is 13.1. The number of aliphatic carboxylic acids is 1. The van der Waals surface area contributed by atoms with Crippen molar-refractivity contribution in [3.05, 3.63) is 47.2 Å². The number of carboxylic acids is 1. The first kappa shape index (κ1) is 26.4. The zero-order chi connectivity index (χ0) is 27.4. The number of benzene rings is 2. The average Bonchev–Trinajstić information content (AvgIpc) is 3.25. The highest BCUT2D eigenvalue weighted by Gasteiger charge is 2.33. The van der Waals surface area contributed by atoms with Gasteiger partial charge in [-0.2, -0.15) is 0 Å². The number of fused-ring (bicyclic) bond motifs is 1. The van der Waals surface area contributed by atoms with Crippen molar-refractivity contribution in [1.29, 1.82) is 0 Å². The van der Waals surface area contributed by atoms with Crippen LogP contribution in [0.15, 0.2) is 30.5 Å². The van der Waals surface area contributed by atoms with E-state index in [4.69, 9.17) is 19.4 Å². The third kappa shape index (κ3) is 4.83. The Labute approximate surface area is 227 Å². The number of carboxylic acid groups (broad SMARTS) is 1. The lowest BCUT2D eigenvalue weighted by molar-refractivity contribution is -0.160. The molecule has 200 valence electrons. The van der Waals surface area contributed by atoms with E-state index >= 15 is 0 Å². The molecule has 38 heavy (non-hydrogen) atoms. The maximum absolute atomic E-state index is 12.7. The van der Waals surface area contributed by atoms with E-state index < -0.39 is 17.7 Å². The predicted molar refractivity (Wildman–Crippen MR) is 154 cm³/mol. The minimum atomic E-state index is -1.16. The molecule has 0 saturated heterocycles.